The van der Waals surface area contributed by atoms with E-state index in [1.54, 1.807) is 0 Å². The number of carbonyl (C=O) groups is 2. The molecule has 1 aliphatic carbocycles. The fourth-order valence-electron chi connectivity index (χ4n) is 1.49. The molecule has 1 aliphatic rings. The summed E-state index contributed by atoms with van der Waals surface area (Å²) in [5, 5.41) is 12.3. The van der Waals surface area contributed by atoms with Crippen LogP contribution < -0.4 is 5.32 Å². The Morgan fingerprint density at radius 2 is 2.33 bits per heavy atom. The second kappa shape index (κ2) is 5.48. The Balaban J connectivity index is 2.01. The molecule has 2 rings (SSSR count). The van der Waals surface area contributed by atoms with Gasteiger partial charge in [-0.15, -0.1) is 0 Å². The van der Waals surface area contributed by atoms with Crippen molar-refractivity contribution in [3.8, 4) is 5.75 Å². The zero-order chi connectivity index (χ0) is 13.0. The van der Waals surface area contributed by atoms with Gasteiger partial charge in [0.1, 0.15) is 23.7 Å². The summed E-state index contributed by atoms with van der Waals surface area (Å²) in [5.74, 6) is 0.203. The highest BCUT2D eigenvalue weighted by molar-refractivity contribution is 5.92. The van der Waals surface area contributed by atoms with Gasteiger partial charge in [-0.05, 0) is 30.9 Å². The Kier molecular flexibility index (Phi) is 3.76. The third-order valence-corrected chi connectivity index (χ3v) is 2.72. The largest absolute Gasteiger partial charge is 0.506 e. The second-order valence-corrected chi connectivity index (χ2v) is 4.22. The van der Waals surface area contributed by atoms with Gasteiger partial charge >= 0.3 is 0 Å². The summed E-state index contributed by atoms with van der Waals surface area (Å²) in [6.07, 6.45) is 2.31. The molecule has 0 saturated heterocycles. The van der Waals surface area contributed by atoms with E-state index in [0.29, 0.717) is 12.5 Å². The molecular weight excluding hydrogens is 236 g/mol. The van der Waals surface area contributed by atoms with Crippen LogP contribution in [0, 0.1) is 5.92 Å². The van der Waals surface area contributed by atoms with E-state index in [-0.39, 0.29) is 36.1 Å². The lowest BCUT2D eigenvalue weighted by molar-refractivity contribution is -0.129. The molecule has 0 atom stereocenters. The monoisotopic (exact) mass is 250 g/mol. The average Bonchev–Trinajstić information content (AvgIpc) is 3.19. The fraction of sp³-hybridized carbons (Fsp3) is 0.417. The molecule has 0 bridgehead atoms. The fourth-order valence-corrected chi connectivity index (χ4v) is 1.49. The molecule has 1 aromatic rings. The normalized spacial score (nSPS) is 14.0. The summed E-state index contributed by atoms with van der Waals surface area (Å²) >= 11 is 0. The van der Waals surface area contributed by atoms with Gasteiger partial charge in [0.2, 0.25) is 0 Å². The van der Waals surface area contributed by atoms with Crippen LogP contribution in [0.4, 0.5) is 0 Å². The molecule has 0 aliphatic heterocycles. The predicted molar refractivity (Wildman–Crippen MR) is 61.8 cm³/mol. The van der Waals surface area contributed by atoms with E-state index >= 15 is 0 Å². The van der Waals surface area contributed by atoms with E-state index in [1.165, 1.54) is 12.1 Å². The van der Waals surface area contributed by atoms with Crippen LogP contribution >= 0.6 is 0 Å². The van der Waals surface area contributed by atoms with Crippen molar-refractivity contribution in [1.29, 1.82) is 0 Å². The summed E-state index contributed by atoms with van der Waals surface area (Å²) in [4.78, 5) is 25.8. The highest BCUT2D eigenvalue weighted by atomic mass is 16.5. The minimum absolute atomic E-state index is 0.101. The van der Waals surface area contributed by atoms with Gasteiger partial charge in [-0.25, -0.2) is 4.98 Å². The minimum Gasteiger partial charge on any atom is -0.506 e. The van der Waals surface area contributed by atoms with Crippen molar-refractivity contribution in [2.45, 2.75) is 19.4 Å². The number of ether oxygens (including phenoxy) is 1. The van der Waals surface area contributed by atoms with Crippen LogP contribution in [0.3, 0.4) is 0 Å². The van der Waals surface area contributed by atoms with E-state index in [9.17, 15) is 14.7 Å². The molecular formula is C12H14N2O4. The molecule has 1 amide bonds. The van der Waals surface area contributed by atoms with Crippen LogP contribution in [0.5, 0.6) is 5.75 Å². The summed E-state index contributed by atoms with van der Waals surface area (Å²) in [6.45, 7) is 0.765. The number of carbonyl (C=O) groups excluding carboxylic acids is 2. The Morgan fingerprint density at radius 3 is 3.00 bits per heavy atom. The smallest absolute Gasteiger partial charge is 0.293 e. The van der Waals surface area contributed by atoms with Crippen molar-refractivity contribution in [3.63, 3.8) is 0 Å². The van der Waals surface area contributed by atoms with Crippen LogP contribution in [0.2, 0.25) is 0 Å². The van der Waals surface area contributed by atoms with Crippen LogP contribution in [0.15, 0.2) is 12.1 Å². The Labute approximate surface area is 104 Å². The molecule has 0 aromatic carbocycles. The summed E-state index contributed by atoms with van der Waals surface area (Å²) in [7, 11) is 0. The van der Waals surface area contributed by atoms with Crippen molar-refractivity contribution in [1.82, 2.24) is 10.3 Å². The van der Waals surface area contributed by atoms with Crippen LogP contribution in [-0.4, -0.2) is 29.0 Å². The molecule has 96 valence electrons. The number of aromatic nitrogens is 1. The molecule has 2 N–H and O–H groups in total. The predicted octanol–water partition coefficient (Wildman–Crippen LogP) is 0.600. The summed E-state index contributed by atoms with van der Waals surface area (Å²) < 4.78 is 4.51. The van der Waals surface area contributed by atoms with Gasteiger partial charge in [0, 0.05) is 6.54 Å². The summed E-state index contributed by atoms with van der Waals surface area (Å²) in [5.41, 5.74) is 0.374. The van der Waals surface area contributed by atoms with Gasteiger partial charge in [-0.2, -0.15) is 0 Å². The van der Waals surface area contributed by atoms with Gasteiger partial charge < -0.3 is 15.2 Å². The first-order valence-corrected chi connectivity index (χ1v) is 5.73. The minimum atomic E-state index is -0.283. The maximum Gasteiger partial charge on any atom is 0.293 e. The highest BCUT2D eigenvalue weighted by Gasteiger charge is 2.22. The lowest BCUT2D eigenvalue weighted by Crippen LogP contribution is -2.26. The van der Waals surface area contributed by atoms with Crippen molar-refractivity contribution in [2.24, 2.45) is 5.92 Å². The van der Waals surface area contributed by atoms with Crippen LogP contribution in [0.1, 0.15) is 29.0 Å². The molecule has 0 radical (unpaired) electrons. The zero-order valence-corrected chi connectivity index (χ0v) is 9.76. The number of hydrogen-bond donors (Lipinski definition) is 2. The van der Waals surface area contributed by atoms with Gasteiger partial charge in [0.15, 0.2) is 0 Å². The molecule has 18 heavy (non-hydrogen) atoms. The first-order valence-electron chi connectivity index (χ1n) is 5.73. The molecule has 1 aromatic heterocycles. The number of nitrogens with zero attached hydrogens (tertiary/aromatic N) is 1. The van der Waals surface area contributed by atoms with Crippen molar-refractivity contribution < 1.29 is 19.4 Å². The van der Waals surface area contributed by atoms with E-state index in [2.05, 4.69) is 15.0 Å². The SMILES string of the molecule is O=COCc1nc(C(=O)NCC2CC2)ccc1O. The van der Waals surface area contributed by atoms with Crippen molar-refractivity contribution in [3.05, 3.63) is 23.5 Å². The van der Waals surface area contributed by atoms with Crippen molar-refractivity contribution in [2.75, 3.05) is 6.54 Å². The van der Waals surface area contributed by atoms with Gasteiger partial charge in [0.25, 0.3) is 12.4 Å². The number of rotatable bonds is 6. The molecule has 0 unspecified atom stereocenters. The Bertz CT molecular complexity index is 457. The van der Waals surface area contributed by atoms with Crippen LogP contribution in [0.25, 0.3) is 0 Å². The number of hydrogen-bond acceptors (Lipinski definition) is 5. The molecule has 1 fully saturated rings. The number of aromatic hydroxyl groups is 1. The standard InChI is InChI=1S/C12H14N2O4/c15-7-18-6-10-11(16)4-3-9(14-10)12(17)13-5-8-1-2-8/h3-4,7-8,16H,1-2,5-6H2,(H,13,17). The van der Waals surface area contributed by atoms with E-state index in [1.807, 2.05) is 0 Å². The Morgan fingerprint density at radius 1 is 1.56 bits per heavy atom. The highest BCUT2D eigenvalue weighted by Crippen LogP contribution is 2.27. The molecule has 1 saturated carbocycles. The molecule has 6 nitrogen and oxygen atoms in total. The first kappa shape index (κ1) is 12.3. The first-order chi connectivity index (χ1) is 8.70. The molecule has 1 heterocycles. The number of pyridine rings is 1. The number of amides is 1. The number of nitrogens with one attached hydrogen (secondary N) is 1. The Hall–Kier alpha value is -2.11. The lowest BCUT2D eigenvalue weighted by atomic mass is 10.2. The zero-order valence-electron chi connectivity index (χ0n) is 9.76. The second-order valence-electron chi connectivity index (χ2n) is 4.22. The quantitative estimate of drug-likeness (QED) is 0.722. The third-order valence-electron chi connectivity index (χ3n) is 2.72. The topological polar surface area (TPSA) is 88.5 Å². The third kappa shape index (κ3) is 3.19. The molecule has 0 spiro atoms. The van der Waals surface area contributed by atoms with E-state index in [0.717, 1.165) is 12.8 Å². The van der Waals surface area contributed by atoms with Gasteiger partial charge in [-0.3, -0.25) is 9.59 Å². The van der Waals surface area contributed by atoms with E-state index < -0.39 is 0 Å². The van der Waals surface area contributed by atoms with Gasteiger partial charge in [-0.1, -0.05) is 0 Å². The van der Waals surface area contributed by atoms with Crippen molar-refractivity contribution >= 4 is 12.4 Å². The molecule has 6 heteroatoms. The summed E-state index contributed by atoms with van der Waals surface area (Å²) in [6, 6.07) is 2.80. The van der Waals surface area contributed by atoms with Gasteiger partial charge in [0.05, 0.1) is 0 Å². The maximum atomic E-state index is 11.7. The van der Waals surface area contributed by atoms with E-state index in [4.69, 9.17) is 0 Å². The average molecular weight is 250 g/mol. The van der Waals surface area contributed by atoms with Crippen LogP contribution in [-0.2, 0) is 16.1 Å². The maximum absolute atomic E-state index is 11.7. The lowest BCUT2D eigenvalue weighted by Gasteiger charge is -2.06.